The van der Waals surface area contributed by atoms with Gasteiger partial charge in [-0.1, -0.05) is 20.8 Å². The molecule has 3 rings (SSSR count). The van der Waals surface area contributed by atoms with E-state index >= 15 is 0 Å². The van der Waals surface area contributed by atoms with Gasteiger partial charge >= 0.3 is 0 Å². The maximum absolute atomic E-state index is 4.55. The Morgan fingerprint density at radius 2 is 1.91 bits per heavy atom. The Hall–Kier alpha value is -1.62. The number of fused-ring (bicyclic) bond motifs is 1. The molecule has 2 heterocycles. The van der Waals surface area contributed by atoms with Crippen molar-refractivity contribution < 1.29 is 0 Å². The van der Waals surface area contributed by atoms with Crippen LogP contribution in [0.5, 0.6) is 0 Å². The monoisotopic (exact) mass is 301 g/mol. The second-order valence-electron chi connectivity index (χ2n) is 7.53. The minimum Gasteiger partial charge on any atom is -0.296 e. The van der Waals surface area contributed by atoms with Crippen LogP contribution in [0.15, 0.2) is 6.20 Å². The Balaban J connectivity index is 1.70. The van der Waals surface area contributed by atoms with E-state index in [1.54, 1.807) is 0 Å². The van der Waals surface area contributed by atoms with E-state index < -0.39 is 0 Å². The van der Waals surface area contributed by atoms with Gasteiger partial charge in [-0.2, -0.15) is 10.2 Å². The Labute approximate surface area is 132 Å². The minimum atomic E-state index is 0.0954. The molecule has 0 spiro atoms. The molecule has 1 aliphatic rings. The molecule has 0 unspecified atom stereocenters. The number of hydrogen-bond acceptors (Lipinski definition) is 3. The molecule has 0 bridgehead atoms. The van der Waals surface area contributed by atoms with Gasteiger partial charge in [0.1, 0.15) is 0 Å². The predicted octanol–water partition coefficient (Wildman–Crippen LogP) is 2.94. The quantitative estimate of drug-likeness (QED) is 0.912. The molecule has 0 radical (unpaired) electrons. The number of rotatable bonds is 4. The zero-order chi connectivity index (χ0) is 15.7. The number of hydrogen-bond donors (Lipinski definition) is 2. The number of H-pyrrole nitrogens is 2. The van der Waals surface area contributed by atoms with Crippen LogP contribution in [0.25, 0.3) is 0 Å². The highest BCUT2D eigenvalue weighted by Gasteiger charge is 2.22. The second-order valence-corrected chi connectivity index (χ2v) is 7.53. The third-order valence-electron chi connectivity index (χ3n) is 4.47. The standard InChI is InChI=1S/C17H27N5/c1-17(2,3)16-12(9-18-21-16)10-22(4)11-15-13-7-5-6-8-14(13)19-20-15/h9H,5-8,10-11H2,1-4H3,(H,18,21)(H,19,20). The maximum Gasteiger partial charge on any atom is 0.0797 e. The normalized spacial score (nSPS) is 15.3. The van der Waals surface area contributed by atoms with Crippen molar-refractivity contribution in [3.63, 3.8) is 0 Å². The van der Waals surface area contributed by atoms with Crippen LogP contribution >= 0.6 is 0 Å². The number of nitrogens with zero attached hydrogens (tertiary/aromatic N) is 3. The van der Waals surface area contributed by atoms with Gasteiger partial charge in [-0.05, 0) is 38.3 Å². The fraction of sp³-hybridized carbons (Fsp3) is 0.647. The van der Waals surface area contributed by atoms with Crippen molar-refractivity contribution >= 4 is 0 Å². The molecular weight excluding hydrogens is 274 g/mol. The first-order valence-electron chi connectivity index (χ1n) is 8.21. The van der Waals surface area contributed by atoms with Crippen LogP contribution in [0.3, 0.4) is 0 Å². The van der Waals surface area contributed by atoms with Crippen molar-refractivity contribution in [3.05, 3.63) is 34.4 Å². The highest BCUT2D eigenvalue weighted by atomic mass is 15.2. The molecule has 0 aliphatic heterocycles. The third kappa shape index (κ3) is 3.09. The van der Waals surface area contributed by atoms with Crippen molar-refractivity contribution in [1.82, 2.24) is 25.3 Å². The zero-order valence-electron chi connectivity index (χ0n) is 14.2. The Bertz CT molecular complexity index is 632. The topological polar surface area (TPSA) is 60.6 Å². The molecular formula is C17H27N5. The maximum atomic E-state index is 4.55. The summed E-state index contributed by atoms with van der Waals surface area (Å²) in [5.74, 6) is 0. The molecule has 5 heteroatoms. The lowest BCUT2D eigenvalue weighted by Crippen LogP contribution is -2.22. The van der Waals surface area contributed by atoms with Crippen molar-refractivity contribution in [1.29, 1.82) is 0 Å². The van der Waals surface area contributed by atoms with Gasteiger partial charge in [0, 0.05) is 35.5 Å². The van der Waals surface area contributed by atoms with Crippen molar-refractivity contribution in [3.8, 4) is 0 Å². The molecule has 0 saturated carbocycles. The van der Waals surface area contributed by atoms with E-state index in [-0.39, 0.29) is 5.41 Å². The van der Waals surface area contributed by atoms with Gasteiger partial charge in [-0.15, -0.1) is 0 Å². The zero-order valence-corrected chi connectivity index (χ0v) is 14.2. The largest absolute Gasteiger partial charge is 0.296 e. The fourth-order valence-electron chi connectivity index (χ4n) is 3.36. The first-order chi connectivity index (χ1) is 10.4. The predicted molar refractivity (Wildman–Crippen MR) is 87.7 cm³/mol. The van der Waals surface area contributed by atoms with E-state index in [1.165, 1.54) is 47.5 Å². The smallest absolute Gasteiger partial charge is 0.0797 e. The highest BCUT2D eigenvalue weighted by Crippen LogP contribution is 2.26. The second kappa shape index (κ2) is 5.88. The van der Waals surface area contributed by atoms with Gasteiger partial charge in [0.05, 0.1) is 11.9 Å². The molecule has 1 aliphatic carbocycles. The van der Waals surface area contributed by atoms with E-state index in [0.717, 1.165) is 19.5 Å². The van der Waals surface area contributed by atoms with Gasteiger partial charge in [-0.25, -0.2) is 0 Å². The van der Waals surface area contributed by atoms with E-state index in [0.29, 0.717) is 0 Å². The molecule has 2 aromatic rings. The summed E-state index contributed by atoms with van der Waals surface area (Å²) in [5, 5.41) is 15.2. The van der Waals surface area contributed by atoms with E-state index in [4.69, 9.17) is 0 Å². The summed E-state index contributed by atoms with van der Waals surface area (Å²) in [5.41, 5.74) is 6.63. The molecule has 22 heavy (non-hydrogen) atoms. The summed E-state index contributed by atoms with van der Waals surface area (Å²) < 4.78 is 0. The lowest BCUT2D eigenvalue weighted by Gasteiger charge is -2.22. The first-order valence-corrected chi connectivity index (χ1v) is 8.21. The summed E-state index contributed by atoms with van der Waals surface area (Å²) >= 11 is 0. The average Bonchev–Trinajstić information content (AvgIpc) is 3.06. The number of aromatic amines is 2. The van der Waals surface area contributed by atoms with Crippen LogP contribution in [0.2, 0.25) is 0 Å². The minimum absolute atomic E-state index is 0.0954. The number of aryl methyl sites for hydroxylation is 1. The first kappa shape index (κ1) is 15.3. The summed E-state index contributed by atoms with van der Waals surface area (Å²) in [6.45, 7) is 8.43. The molecule has 0 atom stereocenters. The van der Waals surface area contributed by atoms with Crippen LogP contribution < -0.4 is 0 Å². The van der Waals surface area contributed by atoms with E-state index in [2.05, 4.69) is 53.1 Å². The van der Waals surface area contributed by atoms with E-state index in [1.807, 2.05) is 6.20 Å². The molecule has 5 nitrogen and oxygen atoms in total. The summed E-state index contributed by atoms with van der Waals surface area (Å²) in [4.78, 5) is 2.32. The molecule has 0 aromatic carbocycles. The van der Waals surface area contributed by atoms with Crippen LogP contribution in [-0.4, -0.2) is 32.3 Å². The summed E-state index contributed by atoms with van der Waals surface area (Å²) in [7, 11) is 2.16. The Morgan fingerprint density at radius 1 is 1.14 bits per heavy atom. The third-order valence-corrected chi connectivity index (χ3v) is 4.47. The van der Waals surface area contributed by atoms with Gasteiger partial charge in [0.25, 0.3) is 0 Å². The lowest BCUT2D eigenvalue weighted by atomic mass is 9.89. The van der Waals surface area contributed by atoms with Crippen molar-refractivity contribution in [2.24, 2.45) is 0 Å². The van der Waals surface area contributed by atoms with Crippen LogP contribution in [-0.2, 0) is 31.3 Å². The van der Waals surface area contributed by atoms with Gasteiger partial charge in [-0.3, -0.25) is 15.1 Å². The molecule has 0 fully saturated rings. The molecule has 120 valence electrons. The molecule has 0 saturated heterocycles. The number of nitrogens with one attached hydrogen (secondary N) is 2. The van der Waals surface area contributed by atoms with Crippen molar-refractivity contribution in [2.45, 2.75) is 65.0 Å². The fourth-order valence-corrected chi connectivity index (χ4v) is 3.36. The Kier molecular flexibility index (Phi) is 4.08. The summed E-state index contributed by atoms with van der Waals surface area (Å²) in [6, 6.07) is 0. The average molecular weight is 301 g/mol. The summed E-state index contributed by atoms with van der Waals surface area (Å²) in [6.07, 6.45) is 6.86. The van der Waals surface area contributed by atoms with Gasteiger partial charge < -0.3 is 0 Å². The molecule has 2 N–H and O–H groups in total. The molecule has 2 aromatic heterocycles. The lowest BCUT2D eigenvalue weighted by molar-refractivity contribution is 0.311. The van der Waals surface area contributed by atoms with E-state index in [9.17, 15) is 0 Å². The highest BCUT2D eigenvalue weighted by molar-refractivity contribution is 5.28. The van der Waals surface area contributed by atoms with Crippen LogP contribution in [0.1, 0.15) is 61.8 Å². The number of aromatic nitrogens is 4. The SMILES string of the molecule is CN(Cc1cn[nH]c1C(C)(C)C)Cc1n[nH]c2c1CCCC2. The van der Waals surface area contributed by atoms with Gasteiger partial charge in [0.2, 0.25) is 0 Å². The van der Waals surface area contributed by atoms with Crippen LogP contribution in [0, 0.1) is 0 Å². The van der Waals surface area contributed by atoms with Crippen LogP contribution in [0.4, 0.5) is 0 Å². The van der Waals surface area contributed by atoms with Crippen molar-refractivity contribution in [2.75, 3.05) is 7.05 Å². The van der Waals surface area contributed by atoms with Gasteiger partial charge in [0.15, 0.2) is 0 Å². The Morgan fingerprint density at radius 3 is 2.68 bits per heavy atom. The molecule has 0 amide bonds.